The van der Waals surface area contributed by atoms with Crippen molar-refractivity contribution in [1.82, 2.24) is 0 Å². The first-order chi connectivity index (χ1) is 9.44. The average molecular weight is 276 g/mol. The number of hydrogen-bond acceptors (Lipinski definition) is 2. The molecule has 0 amide bonds. The van der Waals surface area contributed by atoms with Crippen LogP contribution in [0.3, 0.4) is 0 Å². The van der Waals surface area contributed by atoms with Gasteiger partial charge in [-0.25, -0.2) is 4.39 Å². The minimum atomic E-state index is -0.513. The summed E-state index contributed by atoms with van der Waals surface area (Å²) in [6.45, 7) is 7.12. The average Bonchev–Trinajstić information content (AvgIpc) is 2.39. The predicted molar refractivity (Wildman–Crippen MR) is 77.6 cm³/mol. The zero-order chi connectivity index (χ0) is 14.8. The Kier molecular flexibility index (Phi) is 4.26. The Balaban J connectivity index is 2.14. The summed E-state index contributed by atoms with van der Waals surface area (Å²) in [6, 6.07) is 4.29. The van der Waals surface area contributed by atoms with Gasteiger partial charge >= 0.3 is 0 Å². The van der Waals surface area contributed by atoms with E-state index >= 15 is 0 Å². The van der Waals surface area contributed by atoms with E-state index in [0.717, 1.165) is 12.8 Å². The summed E-state index contributed by atoms with van der Waals surface area (Å²) in [7, 11) is 0. The van der Waals surface area contributed by atoms with Crippen molar-refractivity contribution in [3.8, 4) is 5.75 Å². The van der Waals surface area contributed by atoms with E-state index in [0.29, 0.717) is 18.6 Å². The first-order valence-electron chi connectivity index (χ1n) is 7.00. The topological polar surface area (TPSA) is 26.3 Å². The molecule has 0 heterocycles. The van der Waals surface area contributed by atoms with E-state index in [-0.39, 0.29) is 11.0 Å². The molecule has 0 fully saturated rings. The fraction of sp³-hybridized carbons (Fsp3) is 0.471. The first-order valence-corrected chi connectivity index (χ1v) is 7.00. The van der Waals surface area contributed by atoms with Gasteiger partial charge < -0.3 is 4.74 Å². The molecule has 3 heteroatoms. The molecular weight excluding hydrogens is 255 g/mol. The molecule has 0 aromatic heterocycles. The number of allylic oxidation sites excluding steroid dienone is 1. The second kappa shape index (κ2) is 5.78. The molecular formula is C17H21FO2. The highest BCUT2D eigenvalue weighted by molar-refractivity contribution is 5.75. The molecule has 0 saturated heterocycles. The fourth-order valence-corrected chi connectivity index (χ4v) is 2.85. The Morgan fingerprint density at radius 2 is 2.15 bits per heavy atom. The van der Waals surface area contributed by atoms with Crippen molar-refractivity contribution in [3.05, 3.63) is 40.7 Å². The van der Waals surface area contributed by atoms with Crippen molar-refractivity contribution in [3.63, 3.8) is 0 Å². The summed E-state index contributed by atoms with van der Waals surface area (Å²) in [5.41, 5.74) is 2.89. The summed E-state index contributed by atoms with van der Waals surface area (Å²) in [5.74, 6) is 0.0240. The predicted octanol–water partition coefficient (Wildman–Crippen LogP) is 4.54. The van der Waals surface area contributed by atoms with Gasteiger partial charge in [0.15, 0.2) is 6.29 Å². The standard InChI is InChI=1S/C17H21FO2/c1-12-5-4-8-17(2,3)15(12)11-20-14-6-7-16(18)13(9-14)10-19/h6-7,9-10H,4-5,8,11H2,1-3H3. The number of carbonyl (C=O) groups is 1. The van der Waals surface area contributed by atoms with Gasteiger partial charge in [0.1, 0.15) is 18.2 Å². The van der Waals surface area contributed by atoms with Gasteiger partial charge in [0.05, 0.1) is 5.56 Å². The van der Waals surface area contributed by atoms with E-state index in [9.17, 15) is 9.18 Å². The lowest BCUT2D eigenvalue weighted by Gasteiger charge is -2.34. The van der Waals surface area contributed by atoms with Crippen molar-refractivity contribution in [2.75, 3.05) is 6.61 Å². The Bertz CT molecular complexity index is 544. The minimum absolute atomic E-state index is 0.0381. The molecule has 1 aromatic rings. The van der Waals surface area contributed by atoms with Crippen LogP contribution in [0, 0.1) is 11.2 Å². The quantitative estimate of drug-likeness (QED) is 0.596. The third kappa shape index (κ3) is 3.09. The third-order valence-electron chi connectivity index (χ3n) is 4.16. The molecule has 20 heavy (non-hydrogen) atoms. The van der Waals surface area contributed by atoms with Crippen LogP contribution in [0.1, 0.15) is 50.4 Å². The monoisotopic (exact) mass is 276 g/mol. The van der Waals surface area contributed by atoms with Gasteiger partial charge in [-0.05, 0) is 55.4 Å². The summed E-state index contributed by atoms with van der Waals surface area (Å²) in [6.07, 6.45) is 4.00. The molecule has 2 rings (SSSR count). The molecule has 108 valence electrons. The summed E-state index contributed by atoms with van der Waals surface area (Å²) < 4.78 is 19.0. The highest BCUT2D eigenvalue weighted by atomic mass is 19.1. The van der Waals surface area contributed by atoms with Crippen LogP contribution in [0.15, 0.2) is 29.3 Å². The molecule has 0 radical (unpaired) electrons. The molecule has 0 atom stereocenters. The zero-order valence-corrected chi connectivity index (χ0v) is 12.3. The van der Waals surface area contributed by atoms with Crippen LogP contribution in [-0.2, 0) is 0 Å². The molecule has 1 aliphatic carbocycles. The summed E-state index contributed by atoms with van der Waals surface area (Å²) in [5, 5.41) is 0. The van der Waals surface area contributed by atoms with Crippen molar-refractivity contribution >= 4 is 6.29 Å². The van der Waals surface area contributed by atoms with Gasteiger partial charge in [-0.1, -0.05) is 19.4 Å². The van der Waals surface area contributed by atoms with E-state index < -0.39 is 5.82 Å². The van der Waals surface area contributed by atoms with Gasteiger partial charge in [-0.15, -0.1) is 0 Å². The third-order valence-corrected chi connectivity index (χ3v) is 4.16. The Morgan fingerprint density at radius 3 is 2.80 bits per heavy atom. The van der Waals surface area contributed by atoms with Crippen LogP contribution in [0.4, 0.5) is 4.39 Å². The zero-order valence-electron chi connectivity index (χ0n) is 12.3. The van der Waals surface area contributed by atoms with Crippen molar-refractivity contribution in [1.29, 1.82) is 0 Å². The number of ether oxygens (including phenoxy) is 1. The smallest absolute Gasteiger partial charge is 0.153 e. The number of hydrogen-bond donors (Lipinski definition) is 0. The Hall–Kier alpha value is -1.64. The maximum atomic E-state index is 13.3. The van der Waals surface area contributed by atoms with Gasteiger partial charge in [-0.2, -0.15) is 0 Å². The fourth-order valence-electron chi connectivity index (χ4n) is 2.85. The van der Waals surface area contributed by atoms with E-state index in [2.05, 4.69) is 20.8 Å². The number of benzene rings is 1. The van der Waals surface area contributed by atoms with Crippen molar-refractivity contribution in [2.24, 2.45) is 5.41 Å². The van der Waals surface area contributed by atoms with Crippen molar-refractivity contribution < 1.29 is 13.9 Å². The van der Waals surface area contributed by atoms with Crippen LogP contribution in [0.5, 0.6) is 5.75 Å². The molecule has 0 saturated carbocycles. The maximum Gasteiger partial charge on any atom is 0.153 e. The normalized spacial score (nSPS) is 18.0. The SMILES string of the molecule is CC1=C(COc2ccc(F)c(C=O)c2)C(C)(C)CCC1. The Labute approximate surface area is 119 Å². The number of carbonyl (C=O) groups excluding carboxylic acids is 1. The molecule has 0 bridgehead atoms. The molecule has 0 spiro atoms. The number of halogens is 1. The molecule has 1 aliphatic rings. The van der Waals surface area contributed by atoms with E-state index in [1.165, 1.54) is 29.7 Å². The highest BCUT2D eigenvalue weighted by Crippen LogP contribution is 2.40. The van der Waals surface area contributed by atoms with Gasteiger partial charge in [0, 0.05) is 0 Å². The van der Waals surface area contributed by atoms with E-state index in [1.807, 2.05) is 0 Å². The summed E-state index contributed by atoms with van der Waals surface area (Å²) >= 11 is 0. The second-order valence-electron chi connectivity index (χ2n) is 6.09. The largest absolute Gasteiger partial charge is 0.489 e. The van der Waals surface area contributed by atoms with Crippen molar-refractivity contribution in [2.45, 2.75) is 40.0 Å². The van der Waals surface area contributed by atoms with Gasteiger partial charge in [-0.3, -0.25) is 4.79 Å². The molecule has 0 aliphatic heterocycles. The lowest BCUT2D eigenvalue weighted by molar-refractivity contribution is 0.111. The van der Waals surface area contributed by atoms with E-state index in [4.69, 9.17) is 4.74 Å². The molecule has 1 aromatic carbocycles. The van der Waals surface area contributed by atoms with Crippen LogP contribution < -0.4 is 4.74 Å². The van der Waals surface area contributed by atoms with Gasteiger partial charge in [0.2, 0.25) is 0 Å². The first kappa shape index (κ1) is 14.8. The number of rotatable bonds is 4. The lowest BCUT2D eigenvalue weighted by Crippen LogP contribution is -2.24. The number of aldehydes is 1. The summed E-state index contributed by atoms with van der Waals surface area (Å²) in [4.78, 5) is 10.7. The minimum Gasteiger partial charge on any atom is -0.489 e. The van der Waals surface area contributed by atoms with Crippen LogP contribution >= 0.6 is 0 Å². The second-order valence-corrected chi connectivity index (χ2v) is 6.09. The van der Waals surface area contributed by atoms with Crippen LogP contribution in [0.25, 0.3) is 0 Å². The molecule has 0 unspecified atom stereocenters. The van der Waals surface area contributed by atoms with Crippen LogP contribution in [-0.4, -0.2) is 12.9 Å². The molecule has 0 N–H and O–H groups in total. The highest BCUT2D eigenvalue weighted by Gasteiger charge is 2.28. The van der Waals surface area contributed by atoms with Crippen LogP contribution in [0.2, 0.25) is 0 Å². The van der Waals surface area contributed by atoms with E-state index in [1.54, 1.807) is 6.07 Å². The van der Waals surface area contributed by atoms with Gasteiger partial charge in [0.25, 0.3) is 0 Å². The maximum absolute atomic E-state index is 13.3. The molecule has 2 nitrogen and oxygen atoms in total. The lowest BCUT2D eigenvalue weighted by atomic mass is 9.73. The Morgan fingerprint density at radius 1 is 1.40 bits per heavy atom.